The zero-order valence-electron chi connectivity index (χ0n) is 9.85. The molecular weight excluding hydrogens is 256 g/mol. The van der Waals surface area contributed by atoms with Crippen molar-refractivity contribution in [3.63, 3.8) is 0 Å². The van der Waals surface area contributed by atoms with Gasteiger partial charge in [-0.2, -0.15) is 0 Å². The molecule has 0 atom stereocenters. The summed E-state index contributed by atoms with van der Waals surface area (Å²) in [6.07, 6.45) is -0.670. The Morgan fingerprint density at radius 2 is 1.94 bits per heavy atom. The van der Waals surface area contributed by atoms with E-state index in [0.717, 1.165) is 0 Å². The van der Waals surface area contributed by atoms with Crippen LogP contribution in [0.15, 0.2) is 24.3 Å². The molecule has 0 heterocycles. The van der Waals surface area contributed by atoms with Crippen molar-refractivity contribution in [2.45, 2.75) is 0 Å². The first-order valence-electron chi connectivity index (χ1n) is 4.91. The Morgan fingerprint density at radius 1 is 1.22 bits per heavy atom. The molecule has 1 aromatic carbocycles. The summed E-state index contributed by atoms with van der Waals surface area (Å²) in [5.41, 5.74) is 0.933. The number of benzene rings is 1. The van der Waals surface area contributed by atoms with E-state index in [1.165, 1.54) is 14.2 Å². The number of rotatable bonds is 2. The Balaban J connectivity index is 2.70. The van der Waals surface area contributed by atoms with E-state index in [2.05, 4.69) is 20.1 Å². The number of esters is 1. The molecule has 2 N–H and O–H groups in total. The second-order valence-electron chi connectivity index (χ2n) is 3.14. The SMILES string of the molecule is COC(=O)NC(=S)Nc1cccc(C(=O)OC)c1. The Bertz CT molecular complexity index is 476. The molecule has 0 aliphatic heterocycles. The van der Waals surface area contributed by atoms with E-state index >= 15 is 0 Å². The topological polar surface area (TPSA) is 76.7 Å². The number of methoxy groups -OCH3 is 2. The highest BCUT2D eigenvalue weighted by Crippen LogP contribution is 2.11. The summed E-state index contributed by atoms with van der Waals surface area (Å²) in [6, 6.07) is 6.51. The quantitative estimate of drug-likeness (QED) is 0.625. The number of ether oxygens (including phenoxy) is 2. The molecule has 7 heteroatoms. The van der Waals surface area contributed by atoms with Crippen molar-refractivity contribution >= 4 is 35.1 Å². The van der Waals surface area contributed by atoms with E-state index in [9.17, 15) is 9.59 Å². The lowest BCUT2D eigenvalue weighted by Gasteiger charge is -2.09. The van der Waals surface area contributed by atoms with Gasteiger partial charge in [0.15, 0.2) is 5.11 Å². The molecule has 0 saturated carbocycles. The second-order valence-corrected chi connectivity index (χ2v) is 3.55. The molecule has 0 radical (unpaired) electrons. The molecule has 1 aromatic rings. The van der Waals surface area contributed by atoms with Crippen LogP contribution in [0.25, 0.3) is 0 Å². The molecular formula is C11H12N2O4S. The van der Waals surface area contributed by atoms with Crippen LogP contribution in [0.5, 0.6) is 0 Å². The number of nitrogens with one attached hydrogen (secondary N) is 2. The average Bonchev–Trinajstić information content (AvgIpc) is 2.37. The molecule has 0 bridgehead atoms. The first kappa shape index (κ1) is 13.9. The van der Waals surface area contributed by atoms with E-state index in [1.54, 1.807) is 24.3 Å². The lowest BCUT2D eigenvalue weighted by atomic mass is 10.2. The van der Waals surface area contributed by atoms with E-state index in [0.29, 0.717) is 11.3 Å². The first-order valence-corrected chi connectivity index (χ1v) is 5.32. The van der Waals surface area contributed by atoms with Crippen LogP contribution in [0.2, 0.25) is 0 Å². The molecule has 1 amide bonds. The summed E-state index contributed by atoms with van der Waals surface area (Å²) >= 11 is 4.88. The Kier molecular flexibility index (Phi) is 5.06. The zero-order chi connectivity index (χ0) is 13.5. The third-order valence-electron chi connectivity index (χ3n) is 1.94. The van der Waals surface area contributed by atoms with Gasteiger partial charge >= 0.3 is 12.1 Å². The first-order chi connectivity index (χ1) is 8.56. The van der Waals surface area contributed by atoms with Crippen molar-refractivity contribution in [1.82, 2.24) is 5.32 Å². The maximum Gasteiger partial charge on any atom is 0.413 e. The summed E-state index contributed by atoms with van der Waals surface area (Å²) in [5, 5.41) is 5.09. The molecule has 0 aromatic heterocycles. The summed E-state index contributed by atoms with van der Waals surface area (Å²) in [5.74, 6) is -0.453. The van der Waals surface area contributed by atoms with Crippen molar-refractivity contribution in [3.8, 4) is 0 Å². The fourth-order valence-electron chi connectivity index (χ4n) is 1.15. The number of hydrogen-bond acceptors (Lipinski definition) is 5. The third-order valence-corrected chi connectivity index (χ3v) is 2.15. The van der Waals surface area contributed by atoms with Gasteiger partial charge in [0.25, 0.3) is 0 Å². The Hall–Kier alpha value is -2.15. The van der Waals surface area contributed by atoms with Crippen molar-refractivity contribution < 1.29 is 19.1 Å². The van der Waals surface area contributed by atoms with Crippen molar-refractivity contribution in [1.29, 1.82) is 0 Å². The van der Waals surface area contributed by atoms with Gasteiger partial charge in [-0.15, -0.1) is 0 Å². The van der Waals surface area contributed by atoms with Gasteiger partial charge in [0.2, 0.25) is 0 Å². The number of carbonyl (C=O) groups is 2. The van der Waals surface area contributed by atoms with Crippen molar-refractivity contribution in [3.05, 3.63) is 29.8 Å². The number of anilines is 1. The van der Waals surface area contributed by atoms with Gasteiger partial charge in [-0.25, -0.2) is 9.59 Å². The van der Waals surface area contributed by atoms with Crippen molar-refractivity contribution in [2.75, 3.05) is 19.5 Å². The van der Waals surface area contributed by atoms with Crippen LogP contribution in [0, 0.1) is 0 Å². The maximum absolute atomic E-state index is 11.3. The normalized spacial score (nSPS) is 9.22. The van der Waals surface area contributed by atoms with E-state index in [-0.39, 0.29) is 5.11 Å². The van der Waals surface area contributed by atoms with Gasteiger partial charge in [-0.05, 0) is 30.4 Å². The standard InChI is InChI=1S/C11H12N2O4S/c1-16-9(14)7-4-3-5-8(6-7)12-10(18)13-11(15)17-2/h3-6H,1-2H3,(H2,12,13,15,18). The highest BCUT2D eigenvalue weighted by Gasteiger charge is 2.07. The fraction of sp³-hybridized carbons (Fsp3) is 0.182. The van der Waals surface area contributed by atoms with Crippen molar-refractivity contribution in [2.24, 2.45) is 0 Å². The molecule has 1 rings (SSSR count). The van der Waals surface area contributed by atoms with Crippen LogP contribution >= 0.6 is 12.2 Å². The van der Waals surface area contributed by atoms with Gasteiger partial charge in [0.1, 0.15) is 0 Å². The number of carbonyl (C=O) groups excluding carboxylic acids is 2. The van der Waals surface area contributed by atoms with Crippen LogP contribution in [-0.2, 0) is 9.47 Å². The third kappa shape index (κ3) is 4.02. The lowest BCUT2D eigenvalue weighted by Crippen LogP contribution is -2.33. The molecule has 0 saturated heterocycles. The monoisotopic (exact) mass is 268 g/mol. The minimum absolute atomic E-state index is 0.0730. The van der Waals surface area contributed by atoms with Crippen LogP contribution in [0.3, 0.4) is 0 Å². The largest absolute Gasteiger partial charge is 0.465 e. The van der Waals surface area contributed by atoms with Crippen LogP contribution in [0.4, 0.5) is 10.5 Å². The molecule has 0 aliphatic carbocycles. The number of alkyl carbamates (subject to hydrolysis) is 1. The number of hydrogen-bond donors (Lipinski definition) is 2. The lowest BCUT2D eigenvalue weighted by molar-refractivity contribution is 0.0600. The summed E-state index contributed by atoms with van der Waals surface area (Å²) in [4.78, 5) is 22.2. The molecule has 0 spiro atoms. The number of amides is 1. The Labute approximate surface area is 109 Å². The molecule has 0 aliphatic rings. The highest BCUT2D eigenvalue weighted by atomic mass is 32.1. The molecule has 18 heavy (non-hydrogen) atoms. The smallest absolute Gasteiger partial charge is 0.413 e. The van der Waals surface area contributed by atoms with Gasteiger partial charge in [0.05, 0.1) is 19.8 Å². The van der Waals surface area contributed by atoms with Gasteiger partial charge in [-0.3, -0.25) is 5.32 Å². The Morgan fingerprint density at radius 3 is 2.56 bits per heavy atom. The fourth-order valence-corrected chi connectivity index (χ4v) is 1.35. The van der Waals surface area contributed by atoms with Crippen LogP contribution in [0.1, 0.15) is 10.4 Å². The number of thiocarbonyl (C=S) groups is 1. The van der Waals surface area contributed by atoms with E-state index < -0.39 is 12.1 Å². The molecule has 0 fully saturated rings. The molecule has 6 nitrogen and oxygen atoms in total. The summed E-state index contributed by atoms with van der Waals surface area (Å²) in [6.45, 7) is 0. The van der Waals surface area contributed by atoms with Gasteiger partial charge in [0, 0.05) is 5.69 Å². The minimum atomic E-state index is -0.670. The molecule has 96 valence electrons. The second kappa shape index (κ2) is 6.55. The summed E-state index contributed by atoms with van der Waals surface area (Å²) in [7, 11) is 2.53. The predicted molar refractivity (Wildman–Crippen MR) is 69.5 cm³/mol. The van der Waals surface area contributed by atoms with E-state index in [1.807, 2.05) is 0 Å². The van der Waals surface area contributed by atoms with Crippen LogP contribution in [-0.4, -0.2) is 31.4 Å². The zero-order valence-corrected chi connectivity index (χ0v) is 10.7. The van der Waals surface area contributed by atoms with Gasteiger partial charge < -0.3 is 14.8 Å². The maximum atomic E-state index is 11.3. The molecule has 0 unspecified atom stereocenters. The highest BCUT2D eigenvalue weighted by molar-refractivity contribution is 7.80. The average molecular weight is 268 g/mol. The van der Waals surface area contributed by atoms with Crippen LogP contribution < -0.4 is 10.6 Å². The van der Waals surface area contributed by atoms with E-state index in [4.69, 9.17) is 12.2 Å². The van der Waals surface area contributed by atoms with Gasteiger partial charge in [-0.1, -0.05) is 6.07 Å². The summed E-state index contributed by atoms with van der Waals surface area (Å²) < 4.78 is 8.98. The predicted octanol–water partition coefficient (Wildman–Crippen LogP) is 1.53. The minimum Gasteiger partial charge on any atom is -0.465 e.